The van der Waals surface area contributed by atoms with Crippen molar-refractivity contribution in [2.24, 2.45) is 10.7 Å². The zero-order valence-corrected chi connectivity index (χ0v) is 11.3. The normalized spacial score (nSPS) is 16.6. The lowest BCUT2D eigenvalue weighted by Crippen LogP contribution is -2.44. The minimum atomic E-state index is 0.505. The Bertz CT molecular complexity index is 615. The summed E-state index contributed by atoms with van der Waals surface area (Å²) in [7, 11) is 0. The van der Waals surface area contributed by atoms with E-state index in [1.54, 1.807) is 0 Å². The van der Waals surface area contributed by atoms with E-state index in [-0.39, 0.29) is 0 Å². The molecular weight excluding hydrogens is 252 g/mol. The molecule has 0 bridgehead atoms. The molecule has 0 saturated carbocycles. The van der Waals surface area contributed by atoms with Crippen LogP contribution in [0.3, 0.4) is 0 Å². The lowest BCUT2D eigenvalue weighted by molar-refractivity contribution is 0.0674. The Kier molecular flexibility index (Phi) is 3.78. The summed E-state index contributed by atoms with van der Waals surface area (Å²) in [6.45, 7) is 3.53. The summed E-state index contributed by atoms with van der Waals surface area (Å²) < 4.78 is 5.31. The van der Waals surface area contributed by atoms with Crippen LogP contribution in [-0.4, -0.2) is 42.1 Å². The Labute approximate surface area is 118 Å². The predicted molar refractivity (Wildman–Crippen MR) is 79.5 cm³/mol. The zero-order chi connectivity index (χ0) is 13.8. The second-order valence-corrected chi connectivity index (χ2v) is 4.75. The van der Waals surface area contributed by atoms with Crippen LogP contribution < -0.4 is 5.73 Å². The monoisotopic (exact) mass is 270 g/mol. The molecule has 2 N–H and O–H groups in total. The lowest BCUT2D eigenvalue weighted by atomic mass is 10.1. The molecule has 0 aliphatic carbocycles. The van der Waals surface area contributed by atoms with E-state index in [4.69, 9.17) is 10.5 Å². The van der Waals surface area contributed by atoms with E-state index in [0.29, 0.717) is 25.7 Å². The van der Waals surface area contributed by atoms with Crippen molar-refractivity contribution in [3.8, 4) is 0 Å². The molecule has 1 saturated heterocycles. The third-order valence-electron chi connectivity index (χ3n) is 3.48. The van der Waals surface area contributed by atoms with Crippen LogP contribution in [0.4, 0.5) is 0 Å². The van der Waals surface area contributed by atoms with Crippen molar-refractivity contribution in [2.45, 2.75) is 6.54 Å². The van der Waals surface area contributed by atoms with Crippen molar-refractivity contribution in [3.63, 3.8) is 0 Å². The van der Waals surface area contributed by atoms with Gasteiger partial charge in [-0.25, -0.2) is 4.99 Å². The average molecular weight is 270 g/mol. The van der Waals surface area contributed by atoms with Gasteiger partial charge in [-0.05, 0) is 11.5 Å². The van der Waals surface area contributed by atoms with Crippen LogP contribution in [0.1, 0.15) is 5.69 Å². The number of ether oxygens (including phenoxy) is 1. The standard InChI is InChI=1S/C15H18N4O/c16-15(19-7-9-20-10-8-19)18-11-14-13-4-2-1-3-12(13)5-6-17-14/h1-6H,7-11H2,(H2,16,18). The quantitative estimate of drug-likeness (QED) is 0.661. The van der Waals surface area contributed by atoms with Crippen LogP contribution in [0.5, 0.6) is 0 Å². The third-order valence-corrected chi connectivity index (χ3v) is 3.48. The van der Waals surface area contributed by atoms with E-state index in [2.05, 4.69) is 27.0 Å². The van der Waals surface area contributed by atoms with E-state index in [0.717, 1.165) is 24.2 Å². The molecule has 0 spiro atoms. The molecule has 3 rings (SSSR count). The fourth-order valence-electron chi connectivity index (χ4n) is 2.36. The molecule has 2 heterocycles. The first-order chi connectivity index (χ1) is 9.84. The zero-order valence-electron chi connectivity index (χ0n) is 11.3. The number of rotatable bonds is 2. The maximum atomic E-state index is 6.03. The molecule has 2 aromatic rings. The fourth-order valence-corrected chi connectivity index (χ4v) is 2.36. The van der Waals surface area contributed by atoms with Gasteiger partial charge in [0, 0.05) is 24.7 Å². The van der Waals surface area contributed by atoms with Crippen LogP contribution in [0.15, 0.2) is 41.5 Å². The second kappa shape index (κ2) is 5.88. The van der Waals surface area contributed by atoms with E-state index >= 15 is 0 Å². The van der Waals surface area contributed by atoms with Crippen molar-refractivity contribution >= 4 is 16.7 Å². The molecule has 5 heteroatoms. The van der Waals surface area contributed by atoms with E-state index in [9.17, 15) is 0 Å². The first kappa shape index (κ1) is 12.9. The van der Waals surface area contributed by atoms with Gasteiger partial charge in [-0.1, -0.05) is 24.3 Å². The highest BCUT2D eigenvalue weighted by Gasteiger charge is 2.12. The Hall–Kier alpha value is -2.14. The van der Waals surface area contributed by atoms with E-state index in [1.165, 1.54) is 5.39 Å². The van der Waals surface area contributed by atoms with Crippen LogP contribution >= 0.6 is 0 Å². The molecule has 1 aromatic heterocycles. The SMILES string of the molecule is NC(=NCc1nccc2ccccc12)N1CCOCC1. The van der Waals surface area contributed by atoms with Crippen molar-refractivity contribution in [3.05, 3.63) is 42.2 Å². The first-order valence-electron chi connectivity index (χ1n) is 6.80. The Morgan fingerprint density at radius 2 is 2.05 bits per heavy atom. The molecule has 1 aromatic carbocycles. The molecule has 0 unspecified atom stereocenters. The van der Waals surface area contributed by atoms with Gasteiger partial charge >= 0.3 is 0 Å². The van der Waals surface area contributed by atoms with Gasteiger partial charge in [-0.15, -0.1) is 0 Å². The molecule has 20 heavy (non-hydrogen) atoms. The van der Waals surface area contributed by atoms with Gasteiger partial charge in [0.25, 0.3) is 0 Å². The minimum absolute atomic E-state index is 0.505. The number of fused-ring (bicyclic) bond motifs is 1. The number of nitrogens with zero attached hydrogens (tertiary/aromatic N) is 3. The topological polar surface area (TPSA) is 63.7 Å². The number of hydrogen-bond donors (Lipinski definition) is 1. The highest BCUT2D eigenvalue weighted by molar-refractivity contribution is 5.84. The number of morpholine rings is 1. The lowest BCUT2D eigenvalue weighted by Gasteiger charge is -2.27. The van der Waals surface area contributed by atoms with Gasteiger partial charge in [0.1, 0.15) is 0 Å². The summed E-state index contributed by atoms with van der Waals surface area (Å²) in [5.74, 6) is 0.572. The summed E-state index contributed by atoms with van der Waals surface area (Å²) >= 11 is 0. The predicted octanol–water partition coefficient (Wildman–Crippen LogP) is 1.38. The van der Waals surface area contributed by atoms with Crippen molar-refractivity contribution in [1.82, 2.24) is 9.88 Å². The molecule has 5 nitrogen and oxygen atoms in total. The Balaban J connectivity index is 1.79. The number of aromatic nitrogens is 1. The molecule has 104 valence electrons. The minimum Gasteiger partial charge on any atom is -0.378 e. The Morgan fingerprint density at radius 3 is 2.90 bits per heavy atom. The number of hydrogen-bond acceptors (Lipinski definition) is 3. The van der Waals surface area contributed by atoms with Gasteiger partial charge in [0.05, 0.1) is 25.5 Å². The van der Waals surface area contributed by atoms with Gasteiger partial charge < -0.3 is 15.4 Å². The molecule has 1 aliphatic heterocycles. The molecule has 0 radical (unpaired) electrons. The second-order valence-electron chi connectivity index (χ2n) is 4.75. The van der Waals surface area contributed by atoms with Crippen LogP contribution in [0.2, 0.25) is 0 Å². The highest BCUT2D eigenvalue weighted by Crippen LogP contribution is 2.16. The van der Waals surface area contributed by atoms with Crippen molar-refractivity contribution in [2.75, 3.05) is 26.3 Å². The maximum absolute atomic E-state index is 6.03. The van der Waals surface area contributed by atoms with E-state index < -0.39 is 0 Å². The summed E-state index contributed by atoms with van der Waals surface area (Å²) in [6.07, 6.45) is 1.82. The molecule has 0 atom stereocenters. The van der Waals surface area contributed by atoms with Crippen LogP contribution in [0, 0.1) is 0 Å². The van der Waals surface area contributed by atoms with E-state index in [1.807, 2.05) is 24.4 Å². The average Bonchev–Trinajstić information content (AvgIpc) is 2.53. The first-order valence-corrected chi connectivity index (χ1v) is 6.80. The number of pyridine rings is 1. The van der Waals surface area contributed by atoms with Gasteiger partial charge in [-0.2, -0.15) is 0 Å². The summed E-state index contributed by atoms with van der Waals surface area (Å²) in [4.78, 5) is 10.9. The largest absolute Gasteiger partial charge is 0.378 e. The molecule has 1 aliphatic rings. The van der Waals surface area contributed by atoms with Gasteiger partial charge in [-0.3, -0.25) is 4.98 Å². The summed E-state index contributed by atoms with van der Waals surface area (Å²) in [5.41, 5.74) is 6.99. The van der Waals surface area contributed by atoms with Gasteiger partial charge in [0.15, 0.2) is 5.96 Å². The number of aliphatic imine (C=N–C) groups is 1. The third kappa shape index (κ3) is 2.72. The number of benzene rings is 1. The molecule has 0 amide bonds. The van der Waals surface area contributed by atoms with Crippen LogP contribution in [0.25, 0.3) is 10.8 Å². The number of guanidine groups is 1. The van der Waals surface area contributed by atoms with Gasteiger partial charge in [0.2, 0.25) is 0 Å². The fraction of sp³-hybridized carbons (Fsp3) is 0.333. The Morgan fingerprint density at radius 1 is 1.25 bits per heavy atom. The highest BCUT2D eigenvalue weighted by atomic mass is 16.5. The maximum Gasteiger partial charge on any atom is 0.191 e. The van der Waals surface area contributed by atoms with Crippen molar-refractivity contribution < 1.29 is 4.74 Å². The number of nitrogens with two attached hydrogens (primary N) is 1. The summed E-state index contributed by atoms with van der Waals surface area (Å²) in [6, 6.07) is 10.2. The van der Waals surface area contributed by atoms with Crippen molar-refractivity contribution in [1.29, 1.82) is 0 Å². The summed E-state index contributed by atoms with van der Waals surface area (Å²) in [5, 5.41) is 2.31. The van der Waals surface area contributed by atoms with Crippen LogP contribution in [-0.2, 0) is 11.3 Å². The molecular formula is C15H18N4O. The smallest absolute Gasteiger partial charge is 0.191 e. The molecule has 1 fully saturated rings.